The molecule has 0 aliphatic heterocycles. The maximum Gasteiger partial charge on any atom is 0.373 e. The monoisotopic (exact) mass is 217 g/mol. The van der Waals surface area contributed by atoms with Gasteiger partial charge >= 0.3 is 5.97 Å². The number of nitrogens with one attached hydrogen (secondary N) is 1. The van der Waals surface area contributed by atoms with Gasteiger partial charge in [-0.1, -0.05) is 17.2 Å². The molecule has 1 aromatic carbocycles. The molecule has 0 amide bonds. The Labute approximate surface area is 92.2 Å². The first-order valence-electron chi connectivity index (χ1n) is 4.80. The Kier molecular flexibility index (Phi) is 2.44. The Morgan fingerprint density at radius 3 is 2.38 bits per heavy atom. The molecule has 5 nitrogen and oxygen atoms in total. The molecule has 5 heteroatoms. The van der Waals surface area contributed by atoms with Crippen molar-refractivity contribution >= 4 is 5.97 Å². The van der Waals surface area contributed by atoms with Gasteiger partial charge in [0.15, 0.2) is 5.82 Å². The van der Waals surface area contributed by atoms with Gasteiger partial charge in [-0.3, -0.25) is 5.10 Å². The fourth-order valence-electron chi connectivity index (χ4n) is 1.59. The lowest BCUT2D eigenvalue weighted by atomic mass is 10.1. The number of rotatable bonds is 2. The lowest BCUT2D eigenvalue weighted by molar-refractivity contribution is 0.0684. The number of carboxylic acid groups (broad SMARTS) is 1. The molecule has 0 bridgehead atoms. The van der Waals surface area contributed by atoms with Crippen LogP contribution in [0.15, 0.2) is 18.2 Å². The van der Waals surface area contributed by atoms with Crippen LogP contribution in [-0.2, 0) is 0 Å². The number of aromatic amines is 1. The Balaban J connectivity index is 2.46. The number of hydrogen-bond acceptors (Lipinski definition) is 3. The maximum absolute atomic E-state index is 10.6. The fraction of sp³-hybridized carbons (Fsp3) is 0.182. The van der Waals surface area contributed by atoms with Gasteiger partial charge in [0.1, 0.15) is 0 Å². The van der Waals surface area contributed by atoms with E-state index in [1.807, 2.05) is 32.0 Å². The Morgan fingerprint density at radius 1 is 1.25 bits per heavy atom. The second-order valence-electron chi connectivity index (χ2n) is 3.69. The zero-order valence-corrected chi connectivity index (χ0v) is 8.98. The number of H-pyrrole nitrogens is 1. The number of benzene rings is 1. The summed E-state index contributed by atoms with van der Waals surface area (Å²) in [4.78, 5) is 14.5. The molecule has 2 rings (SSSR count). The smallest absolute Gasteiger partial charge is 0.373 e. The van der Waals surface area contributed by atoms with Crippen molar-refractivity contribution in [1.29, 1.82) is 0 Å². The summed E-state index contributed by atoms with van der Waals surface area (Å²) in [5.41, 5.74) is 3.01. The quantitative estimate of drug-likeness (QED) is 0.803. The topological polar surface area (TPSA) is 78.9 Å². The molecule has 16 heavy (non-hydrogen) atoms. The number of nitrogens with zero attached hydrogens (tertiary/aromatic N) is 2. The van der Waals surface area contributed by atoms with Crippen LogP contribution < -0.4 is 0 Å². The molecule has 0 fully saturated rings. The van der Waals surface area contributed by atoms with Crippen LogP contribution in [0.5, 0.6) is 0 Å². The average molecular weight is 217 g/mol. The van der Waals surface area contributed by atoms with Crippen LogP contribution in [-0.4, -0.2) is 26.3 Å². The lowest BCUT2D eigenvalue weighted by Crippen LogP contribution is -1.98. The third-order valence-corrected chi connectivity index (χ3v) is 2.17. The summed E-state index contributed by atoms with van der Waals surface area (Å²) in [6, 6.07) is 5.87. The lowest BCUT2D eigenvalue weighted by Gasteiger charge is -2.00. The SMILES string of the molecule is Cc1cc(C)cc(-c2n[nH]c(C(=O)O)n2)c1. The summed E-state index contributed by atoms with van der Waals surface area (Å²) in [6.07, 6.45) is 0. The number of carboxylic acids is 1. The van der Waals surface area contributed by atoms with Crippen molar-refractivity contribution in [3.8, 4) is 11.4 Å². The van der Waals surface area contributed by atoms with Crippen LogP contribution in [0.1, 0.15) is 21.7 Å². The molecule has 0 aliphatic rings. The number of aryl methyl sites for hydroxylation is 2. The van der Waals surface area contributed by atoms with Gasteiger partial charge in [0.25, 0.3) is 0 Å². The van der Waals surface area contributed by atoms with Crippen molar-refractivity contribution in [1.82, 2.24) is 15.2 Å². The molecule has 1 heterocycles. The van der Waals surface area contributed by atoms with E-state index in [1.165, 1.54) is 0 Å². The highest BCUT2D eigenvalue weighted by Crippen LogP contribution is 2.18. The van der Waals surface area contributed by atoms with E-state index in [1.54, 1.807) is 0 Å². The number of hydrogen-bond donors (Lipinski definition) is 2. The molecular formula is C11H11N3O2. The van der Waals surface area contributed by atoms with Gasteiger partial charge in [-0.25, -0.2) is 9.78 Å². The highest BCUT2D eigenvalue weighted by Gasteiger charge is 2.11. The predicted molar refractivity (Wildman–Crippen MR) is 58.3 cm³/mol. The fourth-order valence-corrected chi connectivity index (χ4v) is 1.59. The molecule has 0 saturated carbocycles. The van der Waals surface area contributed by atoms with Gasteiger partial charge in [-0.2, -0.15) is 5.10 Å². The van der Waals surface area contributed by atoms with Gasteiger partial charge in [-0.05, 0) is 26.0 Å². The van der Waals surface area contributed by atoms with Gasteiger partial charge in [-0.15, -0.1) is 0 Å². The van der Waals surface area contributed by atoms with Crippen LogP contribution in [0.3, 0.4) is 0 Å². The van der Waals surface area contributed by atoms with Crippen LogP contribution in [0.4, 0.5) is 0 Å². The zero-order chi connectivity index (χ0) is 11.7. The average Bonchev–Trinajstić information content (AvgIpc) is 2.64. The van der Waals surface area contributed by atoms with Gasteiger partial charge < -0.3 is 5.11 Å². The summed E-state index contributed by atoms with van der Waals surface area (Å²) >= 11 is 0. The van der Waals surface area contributed by atoms with E-state index in [-0.39, 0.29) is 5.82 Å². The second kappa shape index (κ2) is 3.77. The molecule has 0 spiro atoms. The molecule has 0 aliphatic carbocycles. The Morgan fingerprint density at radius 2 is 1.88 bits per heavy atom. The van der Waals surface area contributed by atoms with E-state index in [0.29, 0.717) is 5.82 Å². The molecule has 0 radical (unpaired) electrons. The minimum Gasteiger partial charge on any atom is -0.475 e. The van der Waals surface area contributed by atoms with Crippen molar-refractivity contribution in [2.24, 2.45) is 0 Å². The number of aromatic nitrogens is 3. The molecule has 1 aromatic heterocycles. The first kappa shape index (κ1) is 10.4. The summed E-state index contributed by atoms with van der Waals surface area (Å²) in [7, 11) is 0. The minimum atomic E-state index is -1.11. The van der Waals surface area contributed by atoms with E-state index < -0.39 is 5.97 Å². The van der Waals surface area contributed by atoms with Crippen molar-refractivity contribution in [3.63, 3.8) is 0 Å². The first-order valence-corrected chi connectivity index (χ1v) is 4.80. The normalized spacial score (nSPS) is 10.4. The summed E-state index contributed by atoms with van der Waals surface area (Å²) in [5, 5.41) is 15.0. The van der Waals surface area contributed by atoms with Gasteiger partial charge in [0, 0.05) is 5.56 Å². The van der Waals surface area contributed by atoms with Gasteiger partial charge in [0.2, 0.25) is 5.82 Å². The molecule has 0 atom stereocenters. The van der Waals surface area contributed by atoms with Crippen LogP contribution in [0.2, 0.25) is 0 Å². The van der Waals surface area contributed by atoms with Crippen molar-refractivity contribution < 1.29 is 9.90 Å². The highest BCUT2D eigenvalue weighted by molar-refractivity contribution is 5.83. The number of carbonyl (C=O) groups is 1. The maximum atomic E-state index is 10.6. The van der Waals surface area contributed by atoms with E-state index in [9.17, 15) is 4.79 Å². The third-order valence-electron chi connectivity index (χ3n) is 2.17. The summed E-state index contributed by atoms with van der Waals surface area (Å²) < 4.78 is 0. The summed E-state index contributed by atoms with van der Waals surface area (Å²) in [6.45, 7) is 3.95. The Bertz CT molecular complexity index is 526. The van der Waals surface area contributed by atoms with E-state index in [0.717, 1.165) is 16.7 Å². The Hall–Kier alpha value is -2.17. The van der Waals surface area contributed by atoms with E-state index in [2.05, 4.69) is 15.2 Å². The molecule has 2 aromatic rings. The van der Waals surface area contributed by atoms with Crippen molar-refractivity contribution in [3.05, 3.63) is 35.2 Å². The predicted octanol–water partition coefficient (Wildman–Crippen LogP) is 1.79. The van der Waals surface area contributed by atoms with E-state index >= 15 is 0 Å². The van der Waals surface area contributed by atoms with Gasteiger partial charge in [0.05, 0.1) is 0 Å². The highest BCUT2D eigenvalue weighted by atomic mass is 16.4. The van der Waals surface area contributed by atoms with Crippen LogP contribution in [0.25, 0.3) is 11.4 Å². The number of aromatic carboxylic acids is 1. The molecule has 0 saturated heterocycles. The minimum absolute atomic E-state index is 0.144. The first-order chi connectivity index (χ1) is 7.56. The largest absolute Gasteiger partial charge is 0.475 e. The molecular weight excluding hydrogens is 206 g/mol. The van der Waals surface area contributed by atoms with Crippen molar-refractivity contribution in [2.45, 2.75) is 13.8 Å². The zero-order valence-electron chi connectivity index (χ0n) is 8.98. The standard InChI is InChI=1S/C11H11N3O2/c1-6-3-7(2)5-8(4-6)9-12-10(11(15)16)14-13-9/h3-5H,1-2H3,(H,15,16)(H,12,13,14). The van der Waals surface area contributed by atoms with Crippen LogP contribution in [0, 0.1) is 13.8 Å². The van der Waals surface area contributed by atoms with Crippen molar-refractivity contribution in [2.75, 3.05) is 0 Å². The molecule has 2 N–H and O–H groups in total. The molecule has 0 unspecified atom stereocenters. The third kappa shape index (κ3) is 1.93. The van der Waals surface area contributed by atoms with E-state index in [4.69, 9.17) is 5.11 Å². The molecule has 82 valence electrons. The second-order valence-corrected chi connectivity index (χ2v) is 3.69. The van der Waals surface area contributed by atoms with Crippen LogP contribution >= 0.6 is 0 Å². The summed E-state index contributed by atoms with van der Waals surface area (Å²) in [5.74, 6) is -0.846.